The van der Waals surface area contributed by atoms with E-state index in [9.17, 15) is 4.79 Å². The van der Waals surface area contributed by atoms with Crippen LogP contribution in [-0.2, 0) is 14.2 Å². The Morgan fingerprint density at radius 1 is 1.07 bits per heavy atom. The summed E-state index contributed by atoms with van der Waals surface area (Å²) < 4.78 is 17.3. The molecule has 0 saturated carbocycles. The fourth-order valence-corrected chi connectivity index (χ4v) is 4.09. The normalized spacial score (nSPS) is 19.0. The summed E-state index contributed by atoms with van der Waals surface area (Å²) in [6.07, 6.45) is 8.15. The number of primary amides is 1. The number of carbonyl (C=O) groups excluding carboxylic acids is 1. The summed E-state index contributed by atoms with van der Waals surface area (Å²) >= 11 is 0. The standard InChI is InChI=1S/C22H29N3O4/c23-22(26)16-1-2-17-14-24-15-21(20(17)13-16)25-7-3-18(4-8-25)28-11-12-29-19-5-9-27-10-6-19/h1-2,13-15,18-19H,3-12H2,(H2,23,26). The van der Waals surface area contributed by atoms with Gasteiger partial charge in [0.15, 0.2) is 0 Å². The van der Waals surface area contributed by atoms with Crippen LogP contribution in [0.4, 0.5) is 5.69 Å². The molecule has 0 unspecified atom stereocenters. The van der Waals surface area contributed by atoms with Gasteiger partial charge in [0, 0.05) is 48.8 Å². The highest BCUT2D eigenvalue weighted by molar-refractivity contribution is 6.01. The predicted molar refractivity (Wildman–Crippen MR) is 111 cm³/mol. The number of hydrogen-bond donors (Lipinski definition) is 1. The van der Waals surface area contributed by atoms with Gasteiger partial charge in [-0.1, -0.05) is 6.07 Å². The van der Waals surface area contributed by atoms with Crippen LogP contribution in [0.2, 0.25) is 0 Å². The molecule has 29 heavy (non-hydrogen) atoms. The van der Waals surface area contributed by atoms with Crippen LogP contribution in [-0.4, -0.2) is 62.6 Å². The number of carbonyl (C=O) groups is 1. The second kappa shape index (κ2) is 9.52. The van der Waals surface area contributed by atoms with E-state index >= 15 is 0 Å². The molecule has 2 aliphatic rings. The smallest absolute Gasteiger partial charge is 0.248 e. The maximum Gasteiger partial charge on any atom is 0.248 e. The molecular weight excluding hydrogens is 370 g/mol. The zero-order valence-corrected chi connectivity index (χ0v) is 16.7. The van der Waals surface area contributed by atoms with Crippen molar-refractivity contribution in [3.05, 3.63) is 36.2 Å². The van der Waals surface area contributed by atoms with Crippen LogP contribution >= 0.6 is 0 Å². The van der Waals surface area contributed by atoms with Gasteiger partial charge >= 0.3 is 0 Å². The Kier molecular flexibility index (Phi) is 6.59. The molecule has 0 radical (unpaired) electrons. The average molecular weight is 399 g/mol. The van der Waals surface area contributed by atoms with Crippen molar-refractivity contribution in [1.82, 2.24) is 4.98 Å². The number of nitrogens with zero attached hydrogens (tertiary/aromatic N) is 2. The van der Waals surface area contributed by atoms with Crippen molar-refractivity contribution in [3.8, 4) is 0 Å². The SMILES string of the molecule is NC(=O)c1ccc2cncc(N3CCC(OCCOC4CCOCC4)CC3)c2c1. The largest absolute Gasteiger partial charge is 0.381 e. The van der Waals surface area contributed by atoms with Crippen molar-refractivity contribution in [2.24, 2.45) is 5.73 Å². The summed E-state index contributed by atoms with van der Waals surface area (Å²) in [7, 11) is 0. The van der Waals surface area contributed by atoms with Crippen LogP contribution < -0.4 is 10.6 Å². The highest BCUT2D eigenvalue weighted by atomic mass is 16.5. The molecular formula is C22H29N3O4. The van der Waals surface area contributed by atoms with Crippen molar-refractivity contribution >= 4 is 22.4 Å². The van der Waals surface area contributed by atoms with E-state index in [1.165, 1.54) is 0 Å². The molecule has 2 saturated heterocycles. The van der Waals surface area contributed by atoms with Crippen molar-refractivity contribution in [1.29, 1.82) is 0 Å². The summed E-state index contributed by atoms with van der Waals surface area (Å²) in [5.74, 6) is -0.412. The average Bonchev–Trinajstić information content (AvgIpc) is 2.77. The minimum absolute atomic E-state index is 0.258. The van der Waals surface area contributed by atoms with Crippen LogP contribution in [0.15, 0.2) is 30.6 Å². The number of fused-ring (bicyclic) bond motifs is 1. The van der Waals surface area contributed by atoms with Crippen LogP contribution in [0.5, 0.6) is 0 Å². The third kappa shape index (κ3) is 5.04. The molecule has 156 valence electrons. The summed E-state index contributed by atoms with van der Waals surface area (Å²) in [6, 6.07) is 5.52. The van der Waals surface area contributed by atoms with Gasteiger partial charge in [0.1, 0.15) is 0 Å². The number of piperidine rings is 1. The first kappa shape index (κ1) is 20.1. The first-order valence-corrected chi connectivity index (χ1v) is 10.4. The van der Waals surface area contributed by atoms with Gasteiger partial charge in [-0.25, -0.2) is 0 Å². The Balaban J connectivity index is 1.29. The molecule has 3 heterocycles. The van der Waals surface area contributed by atoms with Gasteiger partial charge in [-0.05, 0) is 37.8 Å². The van der Waals surface area contributed by atoms with Gasteiger partial charge in [-0.3, -0.25) is 9.78 Å². The molecule has 2 aromatic rings. The third-order valence-electron chi connectivity index (χ3n) is 5.77. The zero-order chi connectivity index (χ0) is 20.1. The predicted octanol–water partition coefficient (Wildman–Crippen LogP) is 2.51. The van der Waals surface area contributed by atoms with Crippen LogP contribution in [0.1, 0.15) is 36.0 Å². The molecule has 0 spiro atoms. The number of ether oxygens (including phenoxy) is 3. The van der Waals surface area contributed by atoms with Gasteiger partial charge in [-0.2, -0.15) is 0 Å². The lowest BCUT2D eigenvalue weighted by Crippen LogP contribution is -2.37. The van der Waals surface area contributed by atoms with E-state index in [2.05, 4.69) is 9.88 Å². The monoisotopic (exact) mass is 399 g/mol. The van der Waals surface area contributed by atoms with E-state index in [1.807, 2.05) is 24.5 Å². The highest BCUT2D eigenvalue weighted by Crippen LogP contribution is 2.29. The first-order chi connectivity index (χ1) is 14.2. The minimum atomic E-state index is -0.412. The molecule has 2 aliphatic heterocycles. The fourth-order valence-electron chi connectivity index (χ4n) is 4.09. The quantitative estimate of drug-likeness (QED) is 0.720. The number of pyridine rings is 1. The molecule has 1 aromatic heterocycles. The summed E-state index contributed by atoms with van der Waals surface area (Å²) in [6.45, 7) is 4.68. The number of aromatic nitrogens is 1. The Morgan fingerprint density at radius 2 is 1.76 bits per heavy atom. The van der Waals surface area contributed by atoms with E-state index in [-0.39, 0.29) is 6.10 Å². The van der Waals surface area contributed by atoms with Gasteiger partial charge in [0.05, 0.1) is 37.3 Å². The lowest BCUT2D eigenvalue weighted by Gasteiger charge is -2.34. The molecule has 1 amide bonds. The zero-order valence-electron chi connectivity index (χ0n) is 16.7. The highest BCUT2D eigenvalue weighted by Gasteiger charge is 2.22. The number of rotatable bonds is 7. The molecule has 2 fully saturated rings. The van der Waals surface area contributed by atoms with Crippen molar-refractivity contribution in [2.75, 3.05) is 44.4 Å². The Labute approximate surface area is 171 Å². The maximum atomic E-state index is 11.6. The van der Waals surface area contributed by atoms with Crippen molar-refractivity contribution < 1.29 is 19.0 Å². The number of nitrogens with two attached hydrogens (primary N) is 1. The number of benzene rings is 1. The summed E-state index contributed by atoms with van der Waals surface area (Å²) in [4.78, 5) is 18.3. The van der Waals surface area contributed by atoms with E-state index in [4.69, 9.17) is 19.9 Å². The molecule has 0 atom stereocenters. The number of hydrogen-bond acceptors (Lipinski definition) is 6. The Hall–Kier alpha value is -2.22. The third-order valence-corrected chi connectivity index (χ3v) is 5.77. The number of amides is 1. The molecule has 4 rings (SSSR count). The summed E-state index contributed by atoms with van der Waals surface area (Å²) in [5, 5.41) is 2.02. The lowest BCUT2D eigenvalue weighted by atomic mass is 10.0. The minimum Gasteiger partial charge on any atom is -0.381 e. The van der Waals surface area contributed by atoms with Crippen molar-refractivity contribution in [2.45, 2.75) is 37.9 Å². The second-order valence-corrected chi connectivity index (χ2v) is 7.70. The van der Waals surface area contributed by atoms with Gasteiger partial charge in [0.25, 0.3) is 0 Å². The van der Waals surface area contributed by atoms with Gasteiger partial charge < -0.3 is 24.8 Å². The molecule has 7 nitrogen and oxygen atoms in total. The fraction of sp³-hybridized carbons (Fsp3) is 0.545. The Morgan fingerprint density at radius 3 is 2.45 bits per heavy atom. The molecule has 7 heteroatoms. The van der Waals surface area contributed by atoms with Gasteiger partial charge in [-0.15, -0.1) is 0 Å². The second-order valence-electron chi connectivity index (χ2n) is 7.70. The molecule has 0 bridgehead atoms. The number of anilines is 1. The maximum absolute atomic E-state index is 11.6. The van der Waals surface area contributed by atoms with Crippen LogP contribution in [0.3, 0.4) is 0 Å². The van der Waals surface area contributed by atoms with E-state index in [1.54, 1.807) is 6.07 Å². The topological polar surface area (TPSA) is 86.9 Å². The van der Waals surface area contributed by atoms with Crippen molar-refractivity contribution in [3.63, 3.8) is 0 Å². The van der Waals surface area contributed by atoms with Crippen LogP contribution in [0.25, 0.3) is 10.8 Å². The Bertz CT molecular complexity index is 830. The van der Waals surface area contributed by atoms with E-state index in [0.717, 1.165) is 68.4 Å². The van der Waals surface area contributed by atoms with Crippen LogP contribution in [0, 0.1) is 0 Å². The summed E-state index contributed by atoms with van der Waals surface area (Å²) in [5.41, 5.74) is 7.02. The van der Waals surface area contributed by atoms with E-state index in [0.29, 0.717) is 24.9 Å². The first-order valence-electron chi connectivity index (χ1n) is 10.4. The molecule has 0 aliphatic carbocycles. The van der Waals surface area contributed by atoms with E-state index < -0.39 is 5.91 Å². The molecule has 2 N–H and O–H groups in total. The lowest BCUT2D eigenvalue weighted by molar-refractivity contribution is -0.0625. The molecule has 1 aromatic carbocycles. The van der Waals surface area contributed by atoms with Gasteiger partial charge in [0.2, 0.25) is 5.91 Å².